The summed E-state index contributed by atoms with van der Waals surface area (Å²) in [5.74, 6) is 0. The Hall–Kier alpha value is -0.120. The van der Waals surface area contributed by atoms with E-state index in [1.165, 1.54) is 0 Å². The fourth-order valence-corrected chi connectivity index (χ4v) is 3.02. The smallest absolute Gasteiger partial charge is 0.0746 e. The molecule has 0 bridgehead atoms. The molecule has 16 heavy (non-hydrogen) atoms. The van der Waals surface area contributed by atoms with E-state index in [1.54, 1.807) is 0 Å². The lowest BCUT2D eigenvalue weighted by Gasteiger charge is -2.39. The standard InChI is InChI=1S/C13H25NO2/c1-4-10-9-14(7-8-16-10)11-5-6-13(2,3)12(11)15/h10-12,15H,4-9H2,1-3H3. The lowest BCUT2D eigenvalue weighted by Crippen LogP contribution is -2.51. The number of nitrogens with zero attached hydrogens (tertiary/aromatic N) is 1. The Bertz CT molecular complexity index is 242. The highest BCUT2D eigenvalue weighted by Gasteiger charge is 2.44. The Labute approximate surface area is 98.8 Å². The van der Waals surface area contributed by atoms with Crippen LogP contribution in [0.5, 0.6) is 0 Å². The Balaban J connectivity index is 1.97. The normalized spacial score (nSPS) is 40.1. The third-order valence-corrected chi connectivity index (χ3v) is 4.34. The van der Waals surface area contributed by atoms with E-state index in [0.29, 0.717) is 12.1 Å². The largest absolute Gasteiger partial charge is 0.391 e. The summed E-state index contributed by atoms with van der Waals surface area (Å²) >= 11 is 0. The van der Waals surface area contributed by atoms with Gasteiger partial charge in [0.1, 0.15) is 0 Å². The molecule has 94 valence electrons. The van der Waals surface area contributed by atoms with Crippen LogP contribution in [0, 0.1) is 5.41 Å². The molecule has 1 aliphatic carbocycles. The first-order valence-corrected chi connectivity index (χ1v) is 6.58. The molecule has 3 nitrogen and oxygen atoms in total. The summed E-state index contributed by atoms with van der Waals surface area (Å²) in [7, 11) is 0. The van der Waals surface area contributed by atoms with Gasteiger partial charge < -0.3 is 9.84 Å². The van der Waals surface area contributed by atoms with E-state index in [-0.39, 0.29) is 11.5 Å². The summed E-state index contributed by atoms with van der Waals surface area (Å²) in [5.41, 5.74) is 0.0880. The van der Waals surface area contributed by atoms with Crippen molar-refractivity contribution < 1.29 is 9.84 Å². The summed E-state index contributed by atoms with van der Waals surface area (Å²) in [4.78, 5) is 2.44. The Kier molecular flexibility index (Phi) is 3.57. The van der Waals surface area contributed by atoms with Gasteiger partial charge in [0.25, 0.3) is 0 Å². The number of morpholine rings is 1. The average molecular weight is 227 g/mol. The van der Waals surface area contributed by atoms with Gasteiger partial charge in [-0.15, -0.1) is 0 Å². The van der Waals surface area contributed by atoms with Crippen molar-refractivity contribution in [2.45, 2.75) is 58.3 Å². The fourth-order valence-electron chi connectivity index (χ4n) is 3.02. The monoisotopic (exact) mass is 227 g/mol. The van der Waals surface area contributed by atoms with Crippen LogP contribution in [0.2, 0.25) is 0 Å². The predicted molar refractivity (Wildman–Crippen MR) is 64.4 cm³/mol. The van der Waals surface area contributed by atoms with Crippen LogP contribution in [0.4, 0.5) is 0 Å². The highest BCUT2D eigenvalue weighted by Crippen LogP contribution is 2.40. The van der Waals surface area contributed by atoms with Gasteiger partial charge in [-0.1, -0.05) is 20.8 Å². The third-order valence-electron chi connectivity index (χ3n) is 4.34. The lowest BCUT2D eigenvalue weighted by molar-refractivity contribution is -0.0692. The Morgan fingerprint density at radius 3 is 2.75 bits per heavy atom. The van der Waals surface area contributed by atoms with Crippen molar-refractivity contribution in [3.8, 4) is 0 Å². The molecule has 1 aliphatic heterocycles. The van der Waals surface area contributed by atoms with Crippen LogP contribution >= 0.6 is 0 Å². The molecule has 3 unspecified atom stereocenters. The van der Waals surface area contributed by atoms with Crippen LogP contribution in [0.25, 0.3) is 0 Å². The molecule has 2 rings (SSSR count). The minimum atomic E-state index is -0.178. The minimum Gasteiger partial charge on any atom is -0.391 e. The van der Waals surface area contributed by atoms with Crippen molar-refractivity contribution in [3.63, 3.8) is 0 Å². The molecular formula is C13H25NO2. The van der Waals surface area contributed by atoms with Crippen molar-refractivity contribution >= 4 is 0 Å². The van der Waals surface area contributed by atoms with Gasteiger partial charge in [0.15, 0.2) is 0 Å². The van der Waals surface area contributed by atoms with E-state index in [2.05, 4.69) is 25.7 Å². The molecule has 0 radical (unpaired) electrons. The maximum Gasteiger partial charge on any atom is 0.0746 e. The molecule has 2 fully saturated rings. The molecule has 3 atom stereocenters. The number of ether oxygens (including phenoxy) is 1. The highest BCUT2D eigenvalue weighted by molar-refractivity contribution is 4.97. The second-order valence-electron chi connectivity index (χ2n) is 5.94. The molecule has 1 heterocycles. The SMILES string of the molecule is CCC1CN(C2CCC(C)(C)C2O)CCO1. The molecule has 1 saturated heterocycles. The summed E-state index contributed by atoms with van der Waals surface area (Å²) in [6.45, 7) is 9.32. The maximum atomic E-state index is 10.3. The quantitative estimate of drug-likeness (QED) is 0.778. The minimum absolute atomic E-state index is 0.0880. The first-order chi connectivity index (χ1) is 7.54. The first-order valence-electron chi connectivity index (χ1n) is 6.58. The topological polar surface area (TPSA) is 32.7 Å². The zero-order valence-electron chi connectivity index (χ0n) is 10.8. The highest BCUT2D eigenvalue weighted by atomic mass is 16.5. The van der Waals surface area contributed by atoms with Gasteiger partial charge in [-0.05, 0) is 24.7 Å². The molecule has 0 amide bonds. The molecule has 0 aromatic rings. The van der Waals surface area contributed by atoms with Crippen molar-refractivity contribution in [1.82, 2.24) is 4.90 Å². The third kappa shape index (κ3) is 2.27. The summed E-state index contributed by atoms with van der Waals surface area (Å²) in [6.07, 6.45) is 3.52. The Morgan fingerprint density at radius 2 is 2.19 bits per heavy atom. The van der Waals surface area contributed by atoms with Crippen molar-refractivity contribution in [2.75, 3.05) is 19.7 Å². The summed E-state index contributed by atoms with van der Waals surface area (Å²) < 4.78 is 5.68. The van der Waals surface area contributed by atoms with Gasteiger partial charge in [0.2, 0.25) is 0 Å². The fraction of sp³-hybridized carbons (Fsp3) is 1.00. The zero-order chi connectivity index (χ0) is 11.8. The van der Waals surface area contributed by atoms with Crippen LogP contribution < -0.4 is 0 Å². The van der Waals surface area contributed by atoms with Crippen LogP contribution in [0.15, 0.2) is 0 Å². The molecular weight excluding hydrogens is 202 g/mol. The molecule has 1 N–H and O–H groups in total. The van der Waals surface area contributed by atoms with Crippen molar-refractivity contribution in [1.29, 1.82) is 0 Å². The van der Waals surface area contributed by atoms with Gasteiger partial charge in [-0.3, -0.25) is 4.90 Å². The van der Waals surface area contributed by atoms with Gasteiger partial charge in [0, 0.05) is 19.1 Å². The lowest BCUT2D eigenvalue weighted by atomic mass is 9.88. The van der Waals surface area contributed by atoms with E-state index >= 15 is 0 Å². The van der Waals surface area contributed by atoms with Gasteiger partial charge in [-0.25, -0.2) is 0 Å². The molecule has 2 aliphatic rings. The number of aliphatic hydroxyl groups excluding tert-OH is 1. The molecule has 3 heteroatoms. The number of aliphatic hydroxyl groups is 1. The number of rotatable bonds is 2. The van der Waals surface area contributed by atoms with E-state index in [1.807, 2.05) is 0 Å². The summed E-state index contributed by atoms with van der Waals surface area (Å²) in [6, 6.07) is 0.355. The average Bonchev–Trinajstić information content (AvgIpc) is 2.55. The van der Waals surface area contributed by atoms with E-state index in [0.717, 1.165) is 39.0 Å². The van der Waals surface area contributed by atoms with E-state index in [4.69, 9.17) is 4.74 Å². The van der Waals surface area contributed by atoms with Gasteiger partial charge in [-0.2, -0.15) is 0 Å². The van der Waals surface area contributed by atoms with Crippen LogP contribution in [-0.2, 0) is 4.74 Å². The van der Waals surface area contributed by atoms with Crippen LogP contribution in [0.1, 0.15) is 40.0 Å². The molecule has 0 spiro atoms. The number of hydrogen-bond donors (Lipinski definition) is 1. The van der Waals surface area contributed by atoms with Gasteiger partial charge in [0.05, 0.1) is 18.8 Å². The van der Waals surface area contributed by atoms with Crippen LogP contribution in [0.3, 0.4) is 0 Å². The molecule has 0 aromatic heterocycles. The summed E-state index contributed by atoms with van der Waals surface area (Å²) in [5, 5.41) is 10.3. The second-order valence-corrected chi connectivity index (χ2v) is 5.94. The Morgan fingerprint density at radius 1 is 1.44 bits per heavy atom. The number of hydrogen-bond acceptors (Lipinski definition) is 3. The maximum absolute atomic E-state index is 10.3. The molecule has 1 saturated carbocycles. The van der Waals surface area contributed by atoms with Crippen molar-refractivity contribution in [2.24, 2.45) is 5.41 Å². The molecule has 0 aromatic carbocycles. The predicted octanol–water partition coefficient (Wildman–Crippen LogP) is 1.65. The first kappa shape index (κ1) is 12.3. The van der Waals surface area contributed by atoms with Crippen LogP contribution in [-0.4, -0.2) is 48.0 Å². The van der Waals surface area contributed by atoms with Crippen molar-refractivity contribution in [3.05, 3.63) is 0 Å². The second kappa shape index (κ2) is 4.63. The van der Waals surface area contributed by atoms with Gasteiger partial charge >= 0.3 is 0 Å². The zero-order valence-corrected chi connectivity index (χ0v) is 10.8. The van der Waals surface area contributed by atoms with E-state index in [9.17, 15) is 5.11 Å². The van der Waals surface area contributed by atoms with E-state index < -0.39 is 0 Å².